The van der Waals surface area contributed by atoms with Crippen molar-refractivity contribution in [3.8, 4) is 0 Å². The maximum Gasteiger partial charge on any atom is 0.0546 e. The Morgan fingerprint density at radius 3 is 0.875 bits per heavy atom. The highest BCUT2D eigenvalue weighted by atomic mass is 15.1. The molecule has 0 heterocycles. The Hall–Kier alpha value is -5.86. The molecule has 8 rings (SSSR count). The van der Waals surface area contributed by atoms with Crippen LogP contribution in [0.25, 0.3) is 32.3 Å². The van der Waals surface area contributed by atoms with Gasteiger partial charge in [-0.2, -0.15) is 0 Å². The van der Waals surface area contributed by atoms with Crippen LogP contribution >= 0.6 is 0 Å². The van der Waals surface area contributed by atoms with E-state index in [1.165, 1.54) is 65.9 Å². The molecule has 0 unspecified atom stereocenters. The first kappa shape index (κ1) is 37.1. The van der Waals surface area contributed by atoms with Crippen molar-refractivity contribution in [2.75, 3.05) is 9.80 Å². The fourth-order valence-electron chi connectivity index (χ4n) is 8.16. The molecule has 0 aliphatic heterocycles. The number of anilines is 6. The van der Waals surface area contributed by atoms with Gasteiger partial charge in [0.2, 0.25) is 0 Å². The van der Waals surface area contributed by atoms with Gasteiger partial charge in [0.15, 0.2) is 0 Å². The van der Waals surface area contributed by atoms with Gasteiger partial charge in [0.1, 0.15) is 0 Å². The van der Waals surface area contributed by atoms with Crippen molar-refractivity contribution in [1.29, 1.82) is 0 Å². The molecular weight excluding hydrogens is 677 g/mol. The van der Waals surface area contributed by atoms with E-state index < -0.39 is 0 Å². The van der Waals surface area contributed by atoms with Crippen LogP contribution in [0.15, 0.2) is 158 Å². The summed E-state index contributed by atoms with van der Waals surface area (Å²) < 4.78 is 0. The van der Waals surface area contributed by atoms with Gasteiger partial charge in [0.05, 0.1) is 11.4 Å². The highest BCUT2D eigenvalue weighted by Crippen LogP contribution is 2.48. The van der Waals surface area contributed by atoms with Crippen LogP contribution in [-0.4, -0.2) is 0 Å². The Bertz CT molecular complexity index is 2430. The van der Waals surface area contributed by atoms with Crippen molar-refractivity contribution in [2.45, 2.75) is 79.1 Å². The van der Waals surface area contributed by atoms with E-state index in [9.17, 15) is 0 Å². The molecule has 0 aliphatic carbocycles. The van der Waals surface area contributed by atoms with Crippen molar-refractivity contribution in [3.05, 3.63) is 180 Å². The third-order valence-corrected chi connectivity index (χ3v) is 11.6. The Morgan fingerprint density at radius 2 is 0.554 bits per heavy atom. The van der Waals surface area contributed by atoms with Crippen molar-refractivity contribution in [3.63, 3.8) is 0 Å². The van der Waals surface area contributed by atoms with Gasteiger partial charge < -0.3 is 9.80 Å². The molecule has 0 atom stereocenters. The molecule has 2 nitrogen and oxygen atoms in total. The van der Waals surface area contributed by atoms with Crippen LogP contribution in [-0.2, 0) is 0 Å². The van der Waals surface area contributed by atoms with E-state index in [0.717, 1.165) is 22.7 Å². The monoisotopic (exact) mass is 730 g/mol. The summed E-state index contributed by atoms with van der Waals surface area (Å²) in [6, 6.07) is 59.3. The van der Waals surface area contributed by atoms with Crippen molar-refractivity contribution in [2.24, 2.45) is 0 Å². The first-order chi connectivity index (χ1) is 27.1. The maximum atomic E-state index is 2.47. The molecule has 0 radical (unpaired) electrons. The Labute approximate surface area is 334 Å². The summed E-state index contributed by atoms with van der Waals surface area (Å²) in [6.45, 7) is 18.2. The Kier molecular flexibility index (Phi) is 10.2. The van der Waals surface area contributed by atoms with Crippen LogP contribution in [0, 0.1) is 0 Å². The second-order valence-corrected chi connectivity index (χ2v) is 16.6. The number of fused-ring (bicyclic) bond motifs is 5. The second kappa shape index (κ2) is 15.3. The lowest BCUT2D eigenvalue weighted by atomic mass is 9.89. The highest BCUT2D eigenvalue weighted by Gasteiger charge is 2.23. The molecule has 0 aliphatic rings. The van der Waals surface area contributed by atoms with Crippen molar-refractivity contribution in [1.82, 2.24) is 0 Å². The summed E-state index contributed by atoms with van der Waals surface area (Å²) in [4.78, 5) is 4.92. The van der Waals surface area contributed by atoms with Gasteiger partial charge >= 0.3 is 0 Å². The van der Waals surface area contributed by atoms with Crippen molar-refractivity contribution < 1.29 is 0 Å². The molecule has 280 valence electrons. The number of nitrogens with zero attached hydrogens (tertiary/aromatic N) is 2. The molecule has 0 fully saturated rings. The first-order valence-corrected chi connectivity index (χ1v) is 20.5. The number of hydrogen-bond donors (Lipinski definition) is 0. The smallest absolute Gasteiger partial charge is 0.0546 e. The summed E-state index contributed by atoms with van der Waals surface area (Å²) in [7, 11) is 0. The largest absolute Gasteiger partial charge is 0.310 e. The molecular formula is C54H54N2. The van der Waals surface area contributed by atoms with E-state index in [2.05, 4.69) is 223 Å². The zero-order chi connectivity index (χ0) is 39.1. The molecule has 0 saturated heterocycles. The topological polar surface area (TPSA) is 6.48 Å². The van der Waals surface area contributed by atoms with Crippen molar-refractivity contribution >= 4 is 66.4 Å². The Morgan fingerprint density at radius 1 is 0.268 bits per heavy atom. The van der Waals surface area contributed by atoms with Crippen LogP contribution in [0.3, 0.4) is 0 Å². The van der Waals surface area contributed by atoms with E-state index >= 15 is 0 Å². The van der Waals surface area contributed by atoms with Gasteiger partial charge in [-0.25, -0.2) is 0 Å². The SMILES string of the molecule is CC(C)c1ccc(N(c2ccccc2)c2cc3c4cc(C(C)C)ccc4c(N(c4ccccc4)c4ccc(C(C)C)cc4)cc3c3cc(C(C)C)ccc23)cc1. The fourth-order valence-corrected chi connectivity index (χ4v) is 8.16. The normalized spacial score (nSPS) is 11.9. The lowest BCUT2D eigenvalue weighted by Gasteiger charge is -2.30. The van der Waals surface area contributed by atoms with E-state index in [4.69, 9.17) is 0 Å². The van der Waals surface area contributed by atoms with Crippen LogP contribution < -0.4 is 9.80 Å². The molecule has 8 aromatic rings. The summed E-state index contributed by atoms with van der Waals surface area (Å²) in [5.74, 6) is 1.70. The van der Waals surface area contributed by atoms with Gasteiger partial charge in [-0.15, -0.1) is 0 Å². The predicted molar refractivity (Wildman–Crippen MR) is 245 cm³/mol. The molecule has 0 aromatic heterocycles. The minimum absolute atomic E-state index is 0.389. The van der Waals surface area contributed by atoms with Gasteiger partial charge in [0, 0.05) is 33.5 Å². The maximum absolute atomic E-state index is 2.47. The second-order valence-electron chi connectivity index (χ2n) is 16.6. The minimum atomic E-state index is 0.389. The predicted octanol–water partition coefficient (Wildman–Crippen LogP) is 16.6. The van der Waals surface area contributed by atoms with Crippen LogP contribution in [0.5, 0.6) is 0 Å². The van der Waals surface area contributed by atoms with Crippen LogP contribution in [0.1, 0.15) is 101 Å². The lowest BCUT2D eigenvalue weighted by molar-refractivity contribution is 0.866. The molecule has 8 aromatic carbocycles. The molecule has 2 heteroatoms. The molecule has 0 amide bonds. The van der Waals surface area contributed by atoms with Crippen LogP contribution in [0.4, 0.5) is 34.1 Å². The van der Waals surface area contributed by atoms with E-state index in [-0.39, 0.29) is 0 Å². The summed E-state index contributed by atoms with van der Waals surface area (Å²) >= 11 is 0. The first-order valence-electron chi connectivity index (χ1n) is 20.5. The van der Waals surface area contributed by atoms with Crippen LogP contribution in [0.2, 0.25) is 0 Å². The average molecular weight is 731 g/mol. The molecule has 0 bridgehead atoms. The molecule has 56 heavy (non-hydrogen) atoms. The quantitative estimate of drug-likeness (QED) is 0.129. The third-order valence-electron chi connectivity index (χ3n) is 11.6. The number of hydrogen-bond acceptors (Lipinski definition) is 2. The minimum Gasteiger partial charge on any atom is -0.310 e. The van der Waals surface area contributed by atoms with Gasteiger partial charge in [-0.05, 0) is 128 Å². The summed E-state index contributed by atoms with van der Waals surface area (Å²) in [5.41, 5.74) is 12.3. The van der Waals surface area contributed by atoms with Gasteiger partial charge in [0.25, 0.3) is 0 Å². The Balaban J connectivity index is 1.50. The number of para-hydroxylation sites is 2. The van der Waals surface area contributed by atoms with Gasteiger partial charge in [-0.3, -0.25) is 0 Å². The van der Waals surface area contributed by atoms with Gasteiger partial charge in [-0.1, -0.05) is 152 Å². The third kappa shape index (κ3) is 6.94. The lowest BCUT2D eigenvalue weighted by Crippen LogP contribution is -2.12. The number of rotatable bonds is 10. The number of benzene rings is 8. The molecule has 0 N–H and O–H groups in total. The summed E-state index contributed by atoms with van der Waals surface area (Å²) in [5, 5.41) is 7.53. The van der Waals surface area contributed by atoms with E-state index in [0.29, 0.717) is 23.7 Å². The summed E-state index contributed by atoms with van der Waals surface area (Å²) in [6.07, 6.45) is 0. The highest BCUT2D eigenvalue weighted by molar-refractivity contribution is 6.24. The fraction of sp³-hybridized carbons (Fsp3) is 0.222. The zero-order valence-electron chi connectivity index (χ0n) is 34.2. The zero-order valence-corrected chi connectivity index (χ0v) is 34.2. The molecule has 0 saturated carbocycles. The standard InChI is InChI=1S/C54H54N2/c1-35(2)39-19-25-45(26-20-39)55(43-15-11-9-12-16-43)53-33-51-50-32-42(38(7)8)24-30-48(50)54(34-52(51)49-31-41(37(5)6)23-29-47(49)53)56(44-17-13-10-14-18-44)46-27-21-40(22-28-46)36(3)4/h9-38H,1-8H3. The van der Waals surface area contributed by atoms with E-state index in [1.807, 2.05) is 0 Å². The molecule has 0 spiro atoms. The average Bonchev–Trinajstić information content (AvgIpc) is 3.22. The van der Waals surface area contributed by atoms with E-state index in [1.54, 1.807) is 0 Å².